The Bertz CT molecular complexity index is 409. The highest BCUT2D eigenvalue weighted by Gasteiger charge is 2.54. The topological polar surface area (TPSA) is 24.9 Å². The zero-order valence-corrected chi connectivity index (χ0v) is 10.9. The van der Waals surface area contributed by atoms with Crippen LogP contribution < -0.4 is 5.32 Å². The van der Waals surface area contributed by atoms with Crippen LogP contribution in [-0.4, -0.2) is 11.5 Å². The van der Waals surface area contributed by atoms with E-state index in [0.717, 1.165) is 23.9 Å². The van der Waals surface area contributed by atoms with Crippen LogP contribution in [0.3, 0.4) is 0 Å². The van der Waals surface area contributed by atoms with Crippen LogP contribution in [0.1, 0.15) is 44.2 Å². The normalized spacial score (nSPS) is 31.8. The van der Waals surface area contributed by atoms with Crippen LogP contribution in [0.5, 0.6) is 0 Å². The molecule has 0 aliphatic heterocycles. The molecule has 3 heteroatoms. The van der Waals surface area contributed by atoms with Crippen LogP contribution in [0.25, 0.3) is 0 Å². The zero-order valence-electron chi connectivity index (χ0n) is 10.9. The predicted molar refractivity (Wildman–Crippen MR) is 69.6 cm³/mol. The fourth-order valence-electron chi connectivity index (χ4n) is 3.85. The number of hydrogen-bond donors (Lipinski definition) is 1. The third-order valence-corrected chi connectivity index (χ3v) is 4.67. The van der Waals surface area contributed by atoms with E-state index in [1.165, 1.54) is 31.9 Å². The van der Waals surface area contributed by atoms with Gasteiger partial charge in [-0.1, -0.05) is 19.8 Å². The second-order valence-corrected chi connectivity index (χ2v) is 5.62. The van der Waals surface area contributed by atoms with Gasteiger partial charge in [0.2, 0.25) is 0 Å². The molecule has 0 bridgehead atoms. The SMILES string of the molecule is CCNC(c1ccncc1F)C1C2CCCCC21. The summed E-state index contributed by atoms with van der Waals surface area (Å²) in [6.07, 6.45) is 8.43. The van der Waals surface area contributed by atoms with Crippen molar-refractivity contribution in [2.75, 3.05) is 6.54 Å². The standard InChI is InChI=1S/C15H21FN2/c1-2-18-15(12-7-8-17-9-13(12)16)14-10-5-3-4-6-11(10)14/h7-11,14-15,18H,2-6H2,1H3. The predicted octanol–water partition coefficient (Wildman–Crippen LogP) is 3.31. The fourth-order valence-corrected chi connectivity index (χ4v) is 3.85. The zero-order chi connectivity index (χ0) is 12.5. The van der Waals surface area contributed by atoms with E-state index in [4.69, 9.17) is 0 Å². The van der Waals surface area contributed by atoms with Gasteiger partial charge in [0, 0.05) is 17.8 Å². The first-order valence-corrected chi connectivity index (χ1v) is 7.15. The van der Waals surface area contributed by atoms with Gasteiger partial charge in [-0.15, -0.1) is 0 Å². The Morgan fingerprint density at radius 2 is 2.11 bits per heavy atom. The highest BCUT2D eigenvalue weighted by atomic mass is 19.1. The minimum Gasteiger partial charge on any atom is -0.310 e. The summed E-state index contributed by atoms with van der Waals surface area (Å²) in [7, 11) is 0. The molecule has 0 amide bonds. The maximum atomic E-state index is 13.9. The van der Waals surface area contributed by atoms with Gasteiger partial charge in [0.15, 0.2) is 0 Å². The number of nitrogens with one attached hydrogen (secondary N) is 1. The van der Waals surface area contributed by atoms with Crippen LogP contribution in [0, 0.1) is 23.6 Å². The van der Waals surface area contributed by atoms with Crippen molar-refractivity contribution in [3.8, 4) is 0 Å². The van der Waals surface area contributed by atoms with Gasteiger partial charge in [0.1, 0.15) is 5.82 Å². The van der Waals surface area contributed by atoms with Crippen LogP contribution in [0.4, 0.5) is 4.39 Å². The number of pyridine rings is 1. The van der Waals surface area contributed by atoms with E-state index in [0.29, 0.717) is 5.92 Å². The van der Waals surface area contributed by atoms with Crippen LogP contribution >= 0.6 is 0 Å². The lowest BCUT2D eigenvalue weighted by molar-refractivity contribution is 0.435. The highest BCUT2D eigenvalue weighted by molar-refractivity contribution is 5.22. The lowest BCUT2D eigenvalue weighted by Gasteiger charge is -2.19. The molecule has 3 rings (SSSR count). The van der Waals surface area contributed by atoms with E-state index in [9.17, 15) is 4.39 Å². The minimum absolute atomic E-state index is 0.160. The van der Waals surface area contributed by atoms with E-state index >= 15 is 0 Å². The van der Waals surface area contributed by atoms with Crippen molar-refractivity contribution < 1.29 is 4.39 Å². The smallest absolute Gasteiger partial charge is 0.146 e. The molecule has 98 valence electrons. The molecule has 18 heavy (non-hydrogen) atoms. The Hall–Kier alpha value is -0.960. The average molecular weight is 248 g/mol. The molecular formula is C15H21FN2. The molecule has 0 radical (unpaired) electrons. The number of hydrogen-bond acceptors (Lipinski definition) is 2. The minimum atomic E-state index is -0.160. The molecule has 0 aromatic carbocycles. The third-order valence-electron chi connectivity index (χ3n) is 4.67. The van der Waals surface area contributed by atoms with Crippen LogP contribution in [0.15, 0.2) is 18.5 Å². The molecular weight excluding hydrogens is 227 g/mol. The Morgan fingerprint density at radius 3 is 2.72 bits per heavy atom. The van der Waals surface area contributed by atoms with E-state index < -0.39 is 0 Å². The van der Waals surface area contributed by atoms with Crippen molar-refractivity contribution in [2.24, 2.45) is 17.8 Å². The second-order valence-electron chi connectivity index (χ2n) is 5.62. The summed E-state index contributed by atoms with van der Waals surface area (Å²) in [5.74, 6) is 2.14. The third kappa shape index (κ3) is 2.05. The molecule has 3 unspecified atom stereocenters. The second kappa shape index (κ2) is 4.96. The van der Waals surface area contributed by atoms with Crippen molar-refractivity contribution in [3.63, 3.8) is 0 Å². The number of rotatable bonds is 4. The van der Waals surface area contributed by atoms with Gasteiger partial charge in [0.05, 0.1) is 6.20 Å². The maximum absolute atomic E-state index is 13.9. The molecule has 0 saturated heterocycles. The Kier molecular flexibility index (Phi) is 3.33. The van der Waals surface area contributed by atoms with Gasteiger partial charge < -0.3 is 5.32 Å². The largest absolute Gasteiger partial charge is 0.310 e. The van der Waals surface area contributed by atoms with Gasteiger partial charge in [-0.2, -0.15) is 0 Å². The van der Waals surface area contributed by atoms with E-state index in [2.05, 4.69) is 17.2 Å². The first-order valence-electron chi connectivity index (χ1n) is 7.15. The lowest BCUT2D eigenvalue weighted by Crippen LogP contribution is -2.25. The molecule has 2 aliphatic carbocycles. The monoisotopic (exact) mass is 248 g/mol. The first kappa shape index (κ1) is 12.1. The first-order chi connectivity index (χ1) is 8.83. The molecule has 3 atom stereocenters. The number of fused-ring (bicyclic) bond motifs is 1. The molecule has 2 fully saturated rings. The lowest BCUT2D eigenvalue weighted by atomic mass is 10.0. The molecule has 2 aliphatic rings. The van der Waals surface area contributed by atoms with Crippen molar-refractivity contribution >= 4 is 0 Å². The van der Waals surface area contributed by atoms with Crippen molar-refractivity contribution in [1.29, 1.82) is 0 Å². The average Bonchev–Trinajstić information content (AvgIpc) is 3.11. The number of nitrogens with zero attached hydrogens (tertiary/aromatic N) is 1. The molecule has 0 spiro atoms. The van der Waals surface area contributed by atoms with Gasteiger partial charge in [-0.3, -0.25) is 4.98 Å². The summed E-state index contributed by atoms with van der Waals surface area (Å²) >= 11 is 0. The van der Waals surface area contributed by atoms with Crippen molar-refractivity contribution in [2.45, 2.75) is 38.6 Å². The summed E-state index contributed by atoms with van der Waals surface area (Å²) in [5.41, 5.74) is 0.811. The Balaban J connectivity index is 1.83. The van der Waals surface area contributed by atoms with E-state index in [1.54, 1.807) is 6.20 Å². The number of aromatic nitrogens is 1. The number of halogens is 1. The van der Waals surface area contributed by atoms with Crippen molar-refractivity contribution in [3.05, 3.63) is 29.8 Å². The molecule has 1 N–H and O–H groups in total. The van der Waals surface area contributed by atoms with Gasteiger partial charge in [0.25, 0.3) is 0 Å². The molecule has 1 aromatic rings. The van der Waals surface area contributed by atoms with Gasteiger partial charge in [-0.25, -0.2) is 4.39 Å². The Morgan fingerprint density at radius 1 is 1.39 bits per heavy atom. The van der Waals surface area contributed by atoms with E-state index in [-0.39, 0.29) is 11.9 Å². The fraction of sp³-hybridized carbons (Fsp3) is 0.667. The van der Waals surface area contributed by atoms with E-state index in [1.807, 2.05) is 6.07 Å². The molecule has 2 nitrogen and oxygen atoms in total. The van der Waals surface area contributed by atoms with Crippen LogP contribution in [0.2, 0.25) is 0 Å². The summed E-state index contributed by atoms with van der Waals surface area (Å²) < 4.78 is 13.9. The summed E-state index contributed by atoms with van der Waals surface area (Å²) in [6, 6.07) is 2.03. The molecule has 1 heterocycles. The Labute approximate surface area is 108 Å². The summed E-state index contributed by atoms with van der Waals surface area (Å²) in [6.45, 7) is 2.99. The molecule has 1 aromatic heterocycles. The quantitative estimate of drug-likeness (QED) is 0.884. The van der Waals surface area contributed by atoms with Crippen molar-refractivity contribution in [1.82, 2.24) is 10.3 Å². The van der Waals surface area contributed by atoms with Gasteiger partial charge >= 0.3 is 0 Å². The summed E-state index contributed by atoms with van der Waals surface area (Å²) in [4.78, 5) is 3.86. The summed E-state index contributed by atoms with van der Waals surface area (Å²) in [5, 5.41) is 3.49. The van der Waals surface area contributed by atoms with Gasteiger partial charge in [-0.05, 0) is 43.2 Å². The molecule has 2 saturated carbocycles. The highest BCUT2D eigenvalue weighted by Crippen LogP contribution is 2.60. The maximum Gasteiger partial charge on any atom is 0.146 e. The van der Waals surface area contributed by atoms with Crippen LogP contribution in [-0.2, 0) is 0 Å².